The molecule has 5 heteroatoms. The van der Waals surface area contributed by atoms with Gasteiger partial charge < -0.3 is 9.97 Å². The molecule has 0 saturated heterocycles. The number of hydrogen-bond acceptors (Lipinski definition) is 2. The molecule has 0 spiro atoms. The van der Waals surface area contributed by atoms with E-state index in [9.17, 15) is 0 Å². The smallest absolute Gasteiger partial charge is 0.662 e. The van der Waals surface area contributed by atoms with Gasteiger partial charge in [0.1, 0.15) is 0 Å². The second kappa shape index (κ2) is 10.3. The predicted molar refractivity (Wildman–Crippen MR) is 187 cm³/mol. The van der Waals surface area contributed by atoms with Gasteiger partial charge in [0.25, 0.3) is 0 Å². The fourth-order valence-electron chi connectivity index (χ4n) is 10.3. The van der Waals surface area contributed by atoms with Gasteiger partial charge in [-0.3, -0.25) is 9.97 Å². The number of aromatic nitrogens is 4. The van der Waals surface area contributed by atoms with Gasteiger partial charge in [-0.2, -0.15) is 12.4 Å². The largest absolute Gasteiger partial charge is 2.00 e. The molecule has 2 saturated carbocycles. The van der Waals surface area contributed by atoms with Crippen molar-refractivity contribution in [3.05, 3.63) is 108 Å². The van der Waals surface area contributed by atoms with Gasteiger partial charge >= 0.3 is 21.1 Å². The van der Waals surface area contributed by atoms with E-state index >= 15 is 0 Å². The Morgan fingerprint density at radius 1 is 0.574 bits per heavy atom. The number of nitrogens with zero attached hydrogens (tertiary/aromatic N) is 4. The minimum atomic E-state index is 0. The Kier molecular flexibility index (Phi) is 6.72. The van der Waals surface area contributed by atoms with Gasteiger partial charge in [0.15, 0.2) is 0 Å². The van der Waals surface area contributed by atoms with Crippen molar-refractivity contribution in [3.63, 3.8) is 0 Å². The first-order valence-corrected chi connectivity index (χ1v) is 17.1. The molecule has 4 unspecified atom stereocenters. The molecule has 47 heavy (non-hydrogen) atoms. The zero-order valence-electron chi connectivity index (χ0n) is 28.2. The van der Waals surface area contributed by atoms with Crippen LogP contribution in [0.2, 0.25) is 0 Å². The average Bonchev–Trinajstić information content (AvgIpc) is 3.85. The zero-order chi connectivity index (χ0) is 31.6. The Hall–Kier alpha value is -3.49. The van der Waals surface area contributed by atoms with Crippen molar-refractivity contribution in [1.29, 1.82) is 0 Å². The van der Waals surface area contributed by atoms with Crippen LogP contribution in [-0.2, 0) is 31.9 Å². The molecule has 2 aromatic carbocycles. The summed E-state index contributed by atoms with van der Waals surface area (Å²) in [6.07, 6.45) is 13.2. The summed E-state index contributed by atoms with van der Waals surface area (Å²) in [5.41, 5.74) is 11.4. The fourth-order valence-corrected chi connectivity index (χ4v) is 10.3. The van der Waals surface area contributed by atoms with Crippen molar-refractivity contribution < 1.29 is 21.1 Å². The van der Waals surface area contributed by atoms with Gasteiger partial charge in [-0.1, -0.05) is 112 Å². The summed E-state index contributed by atoms with van der Waals surface area (Å²) < 4.78 is 0. The first kappa shape index (κ1) is 30.8. The monoisotopic (exact) mass is 797 g/mol. The molecule has 10 rings (SSSR count). The van der Waals surface area contributed by atoms with Gasteiger partial charge in [-0.15, -0.1) is 11.4 Å². The van der Waals surface area contributed by atoms with Crippen LogP contribution in [-0.4, -0.2) is 9.97 Å². The molecule has 0 aliphatic heterocycles. The topological polar surface area (TPSA) is 54.0 Å². The predicted octanol–water partition coefficient (Wildman–Crippen LogP) is 10.1. The van der Waals surface area contributed by atoms with Gasteiger partial charge in [-0.05, 0) is 82.1 Å². The molecular formula is C42H42N4Pt. The molecule has 240 valence electrons. The SMILES string of the molecule is CC12CCC(c3c1c[n-]c3-c1nccc3ccccc13)C2(C)C.CC12CCC(c3c1c[n-]c3-c1nccc3ccccc13)C2(C)C.[Pt+2]. The molecule has 0 amide bonds. The van der Waals surface area contributed by atoms with Crippen molar-refractivity contribution in [1.82, 2.24) is 19.9 Å². The Morgan fingerprint density at radius 2 is 0.979 bits per heavy atom. The molecule has 4 aliphatic carbocycles. The molecule has 4 heterocycles. The molecule has 0 radical (unpaired) electrons. The molecule has 0 N–H and O–H groups in total. The third-order valence-electron chi connectivity index (χ3n) is 13.9. The molecule has 6 aromatic rings. The van der Waals surface area contributed by atoms with E-state index in [2.05, 4.69) is 115 Å². The minimum Gasteiger partial charge on any atom is -0.662 e. The standard InChI is InChI=1S/2C21H21N2.Pt/c2*1-20(2)15-8-10-21(20,3)16-12-23-19(17(15)16)18-14-7-5-4-6-13(14)9-11-22-18;/h2*4-7,9,11-12,15H,8,10H2,1-3H3;/q2*-1;+2. The first-order valence-electron chi connectivity index (χ1n) is 17.1. The van der Waals surface area contributed by atoms with Gasteiger partial charge in [-0.25, -0.2) is 0 Å². The van der Waals surface area contributed by atoms with Crippen LogP contribution in [0, 0.1) is 10.8 Å². The molecule has 4 nitrogen and oxygen atoms in total. The van der Waals surface area contributed by atoms with Crippen molar-refractivity contribution in [2.75, 3.05) is 0 Å². The minimum absolute atomic E-state index is 0. The van der Waals surface area contributed by atoms with Crippen LogP contribution >= 0.6 is 0 Å². The maximum Gasteiger partial charge on any atom is 2.00 e. The Bertz CT molecular complexity index is 2020. The molecule has 4 aromatic heterocycles. The van der Waals surface area contributed by atoms with Crippen molar-refractivity contribution in [2.24, 2.45) is 10.8 Å². The van der Waals surface area contributed by atoms with Crippen LogP contribution < -0.4 is 9.97 Å². The number of fused-ring (bicyclic) bond motifs is 12. The maximum atomic E-state index is 4.85. The van der Waals surface area contributed by atoms with E-state index in [0.717, 1.165) is 22.8 Å². The number of hydrogen-bond donors (Lipinski definition) is 0. The van der Waals surface area contributed by atoms with Crippen molar-refractivity contribution in [3.8, 4) is 22.8 Å². The molecule has 4 aliphatic rings. The zero-order valence-corrected chi connectivity index (χ0v) is 30.4. The second-order valence-corrected chi connectivity index (χ2v) is 15.9. The van der Waals surface area contributed by atoms with E-state index in [1.165, 1.54) is 69.5 Å². The summed E-state index contributed by atoms with van der Waals surface area (Å²) >= 11 is 0. The third-order valence-corrected chi connectivity index (χ3v) is 13.9. The molecule has 4 bridgehead atoms. The van der Waals surface area contributed by atoms with Crippen LogP contribution in [0.25, 0.3) is 44.3 Å². The van der Waals surface area contributed by atoms with Crippen LogP contribution in [0.5, 0.6) is 0 Å². The summed E-state index contributed by atoms with van der Waals surface area (Å²) in [6, 6.07) is 21.2. The molecular weight excluding hydrogens is 756 g/mol. The van der Waals surface area contributed by atoms with Gasteiger partial charge in [0.2, 0.25) is 0 Å². The van der Waals surface area contributed by atoms with E-state index in [1.807, 2.05) is 12.4 Å². The second-order valence-electron chi connectivity index (χ2n) is 15.9. The molecule has 2 fully saturated rings. The summed E-state index contributed by atoms with van der Waals surface area (Å²) in [6.45, 7) is 14.6. The Morgan fingerprint density at radius 3 is 1.40 bits per heavy atom. The van der Waals surface area contributed by atoms with Crippen molar-refractivity contribution in [2.45, 2.75) is 89.9 Å². The van der Waals surface area contributed by atoms with Crippen LogP contribution in [0.4, 0.5) is 0 Å². The fraction of sp³-hybridized carbons (Fsp3) is 0.381. The first-order chi connectivity index (χ1) is 22.1. The number of benzene rings is 2. The summed E-state index contributed by atoms with van der Waals surface area (Å²) in [4.78, 5) is 19.1. The summed E-state index contributed by atoms with van der Waals surface area (Å²) in [5, 5.41) is 4.90. The van der Waals surface area contributed by atoms with E-state index in [-0.39, 0.29) is 31.9 Å². The summed E-state index contributed by atoms with van der Waals surface area (Å²) in [7, 11) is 0. The van der Waals surface area contributed by atoms with Gasteiger partial charge in [0, 0.05) is 23.2 Å². The van der Waals surface area contributed by atoms with E-state index < -0.39 is 0 Å². The van der Waals surface area contributed by atoms with Gasteiger partial charge in [0.05, 0.1) is 11.4 Å². The Balaban J connectivity index is 0.000000135. The average molecular weight is 798 g/mol. The van der Waals surface area contributed by atoms with Crippen molar-refractivity contribution >= 4 is 21.5 Å². The summed E-state index contributed by atoms with van der Waals surface area (Å²) in [5.74, 6) is 1.22. The number of rotatable bonds is 2. The quantitative estimate of drug-likeness (QED) is 0.175. The van der Waals surface area contributed by atoms with E-state index in [0.29, 0.717) is 22.7 Å². The Labute approximate surface area is 292 Å². The number of pyridine rings is 2. The van der Waals surface area contributed by atoms with E-state index in [4.69, 9.17) is 19.9 Å². The van der Waals surface area contributed by atoms with Crippen LogP contribution in [0.1, 0.15) is 101 Å². The van der Waals surface area contributed by atoms with E-state index in [1.54, 1.807) is 0 Å². The molecule has 4 atom stereocenters. The maximum absolute atomic E-state index is 4.85. The van der Waals surface area contributed by atoms with Crippen LogP contribution in [0.15, 0.2) is 85.5 Å². The third kappa shape index (κ3) is 3.86. The normalized spacial score (nSPS) is 26.9. The van der Waals surface area contributed by atoms with Crippen LogP contribution in [0.3, 0.4) is 0 Å².